The van der Waals surface area contributed by atoms with Gasteiger partial charge >= 0.3 is 6.09 Å². The molecule has 0 spiro atoms. The van der Waals surface area contributed by atoms with Gasteiger partial charge in [-0.25, -0.2) is 4.79 Å². The lowest BCUT2D eigenvalue weighted by molar-refractivity contribution is 0.0238. The van der Waals surface area contributed by atoms with Crippen molar-refractivity contribution in [1.29, 1.82) is 0 Å². The lowest BCUT2D eigenvalue weighted by Crippen LogP contribution is -2.39. The number of carbonyl (C=O) groups excluding carboxylic acids is 1. The summed E-state index contributed by atoms with van der Waals surface area (Å²) in [5, 5.41) is 0. The summed E-state index contributed by atoms with van der Waals surface area (Å²) in [4.78, 5) is 13.1. The smallest absolute Gasteiger partial charge is 0.410 e. The fourth-order valence-corrected chi connectivity index (χ4v) is 0.913. The summed E-state index contributed by atoms with van der Waals surface area (Å²) in [5.41, 5.74) is -0.431. The normalized spacial score (nSPS) is 13.2. The molecule has 0 aliphatic rings. The van der Waals surface area contributed by atoms with Crippen LogP contribution in [-0.4, -0.2) is 29.7 Å². The first-order valence-electron chi connectivity index (χ1n) is 4.84. The standard InChI is InChI=1S/C11H21NO2/c1-7-8-9(2)12(6)10(13)14-11(3,4)5/h7,9H,1,8H2,2-6H3. The van der Waals surface area contributed by atoms with Crippen LogP contribution in [0.25, 0.3) is 0 Å². The number of nitrogens with zero attached hydrogens (tertiary/aromatic N) is 1. The van der Waals surface area contributed by atoms with E-state index < -0.39 is 5.60 Å². The van der Waals surface area contributed by atoms with Gasteiger partial charge in [0.1, 0.15) is 5.60 Å². The molecule has 0 aliphatic heterocycles. The second kappa shape index (κ2) is 5.03. The Kier molecular flexibility index (Phi) is 4.68. The molecule has 0 bridgehead atoms. The molecule has 0 radical (unpaired) electrons. The number of ether oxygens (including phenoxy) is 1. The van der Waals surface area contributed by atoms with Crippen LogP contribution in [-0.2, 0) is 4.74 Å². The lowest BCUT2D eigenvalue weighted by Gasteiger charge is -2.28. The van der Waals surface area contributed by atoms with Gasteiger partial charge in [0, 0.05) is 13.1 Å². The highest BCUT2D eigenvalue weighted by Crippen LogP contribution is 2.11. The molecular weight excluding hydrogens is 178 g/mol. The second-order valence-corrected chi connectivity index (χ2v) is 4.46. The highest BCUT2D eigenvalue weighted by Gasteiger charge is 2.21. The average Bonchev–Trinajstić information content (AvgIpc) is 2.00. The van der Waals surface area contributed by atoms with Gasteiger partial charge in [-0.15, -0.1) is 6.58 Å². The minimum absolute atomic E-state index is 0.127. The third-order valence-corrected chi connectivity index (χ3v) is 1.85. The van der Waals surface area contributed by atoms with E-state index in [2.05, 4.69) is 6.58 Å². The molecule has 3 heteroatoms. The van der Waals surface area contributed by atoms with Crippen molar-refractivity contribution in [3.05, 3.63) is 12.7 Å². The fraction of sp³-hybridized carbons (Fsp3) is 0.727. The molecule has 0 fully saturated rings. The summed E-state index contributed by atoms with van der Waals surface area (Å²) < 4.78 is 5.22. The molecule has 0 aliphatic carbocycles. The lowest BCUT2D eigenvalue weighted by atomic mass is 10.2. The maximum Gasteiger partial charge on any atom is 0.410 e. The van der Waals surface area contributed by atoms with E-state index in [9.17, 15) is 4.79 Å². The summed E-state index contributed by atoms with van der Waals surface area (Å²) >= 11 is 0. The first kappa shape index (κ1) is 13.0. The number of hydrogen-bond acceptors (Lipinski definition) is 2. The molecule has 0 saturated carbocycles. The monoisotopic (exact) mass is 199 g/mol. The van der Waals surface area contributed by atoms with Crippen molar-refractivity contribution >= 4 is 6.09 Å². The maximum atomic E-state index is 11.5. The third-order valence-electron chi connectivity index (χ3n) is 1.85. The molecule has 82 valence electrons. The van der Waals surface area contributed by atoms with Crippen LogP contribution >= 0.6 is 0 Å². The predicted octanol–water partition coefficient (Wildman–Crippen LogP) is 2.82. The molecule has 0 aromatic rings. The maximum absolute atomic E-state index is 11.5. The first-order valence-corrected chi connectivity index (χ1v) is 4.84. The van der Waals surface area contributed by atoms with Crippen molar-refractivity contribution in [2.45, 2.75) is 45.8 Å². The van der Waals surface area contributed by atoms with E-state index in [0.29, 0.717) is 0 Å². The van der Waals surface area contributed by atoms with Crippen LogP contribution in [0.5, 0.6) is 0 Å². The van der Waals surface area contributed by atoms with E-state index in [0.717, 1.165) is 6.42 Å². The van der Waals surface area contributed by atoms with E-state index >= 15 is 0 Å². The van der Waals surface area contributed by atoms with Gasteiger partial charge in [-0.2, -0.15) is 0 Å². The van der Waals surface area contributed by atoms with Gasteiger partial charge in [0.05, 0.1) is 0 Å². The van der Waals surface area contributed by atoms with Gasteiger partial charge < -0.3 is 9.64 Å². The van der Waals surface area contributed by atoms with Crippen LogP contribution in [0, 0.1) is 0 Å². The summed E-state index contributed by atoms with van der Waals surface area (Å²) in [7, 11) is 1.74. The molecule has 14 heavy (non-hydrogen) atoms. The van der Waals surface area contributed by atoms with Crippen molar-refractivity contribution in [1.82, 2.24) is 4.90 Å². The summed E-state index contributed by atoms with van der Waals surface area (Å²) in [6, 6.07) is 0.127. The Morgan fingerprint density at radius 1 is 1.57 bits per heavy atom. The Morgan fingerprint density at radius 3 is 2.43 bits per heavy atom. The quantitative estimate of drug-likeness (QED) is 0.654. The Bertz CT molecular complexity index is 206. The molecule has 3 nitrogen and oxygen atoms in total. The predicted molar refractivity (Wildman–Crippen MR) is 58.3 cm³/mol. The van der Waals surface area contributed by atoms with Crippen molar-refractivity contribution in [3.8, 4) is 0 Å². The van der Waals surface area contributed by atoms with Crippen molar-refractivity contribution in [2.24, 2.45) is 0 Å². The number of amides is 1. The summed E-state index contributed by atoms with van der Waals surface area (Å²) in [5.74, 6) is 0. The van der Waals surface area contributed by atoms with E-state index in [4.69, 9.17) is 4.74 Å². The van der Waals surface area contributed by atoms with Crippen molar-refractivity contribution in [3.63, 3.8) is 0 Å². The molecule has 1 unspecified atom stereocenters. The van der Waals surface area contributed by atoms with E-state index in [-0.39, 0.29) is 12.1 Å². The van der Waals surface area contributed by atoms with Crippen LogP contribution in [0.3, 0.4) is 0 Å². The molecular formula is C11H21NO2. The molecule has 0 N–H and O–H groups in total. The number of hydrogen-bond donors (Lipinski definition) is 0. The highest BCUT2D eigenvalue weighted by atomic mass is 16.6. The Morgan fingerprint density at radius 2 is 2.07 bits per heavy atom. The van der Waals surface area contributed by atoms with Gasteiger partial charge in [-0.3, -0.25) is 0 Å². The largest absolute Gasteiger partial charge is 0.444 e. The molecule has 1 amide bonds. The van der Waals surface area contributed by atoms with Gasteiger partial charge in [-0.1, -0.05) is 6.08 Å². The van der Waals surface area contributed by atoms with Crippen LogP contribution in [0.15, 0.2) is 12.7 Å². The van der Waals surface area contributed by atoms with E-state index in [1.807, 2.05) is 27.7 Å². The molecule has 0 heterocycles. The molecule has 0 rings (SSSR count). The highest BCUT2D eigenvalue weighted by molar-refractivity contribution is 5.68. The van der Waals surface area contributed by atoms with Crippen LogP contribution in [0.4, 0.5) is 4.79 Å². The average molecular weight is 199 g/mol. The minimum atomic E-state index is -0.431. The van der Waals surface area contributed by atoms with Crippen LogP contribution in [0.2, 0.25) is 0 Å². The van der Waals surface area contributed by atoms with Crippen LogP contribution < -0.4 is 0 Å². The van der Waals surface area contributed by atoms with Gasteiger partial charge in [-0.05, 0) is 34.1 Å². The van der Waals surface area contributed by atoms with Crippen molar-refractivity contribution < 1.29 is 9.53 Å². The summed E-state index contributed by atoms with van der Waals surface area (Å²) in [6.07, 6.45) is 2.29. The SMILES string of the molecule is C=CCC(C)N(C)C(=O)OC(C)(C)C. The van der Waals surface area contributed by atoms with Crippen LogP contribution in [0.1, 0.15) is 34.1 Å². The first-order chi connectivity index (χ1) is 6.28. The van der Waals surface area contributed by atoms with Gasteiger partial charge in [0.2, 0.25) is 0 Å². The second-order valence-electron chi connectivity index (χ2n) is 4.46. The van der Waals surface area contributed by atoms with E-state index in [1.165, 1.54) is 0 Å². The molecule has 0 aromatic carbocycles. The van der Waals surface area contributed by atoms with Gasteiger partial charge in [0.15, 0.2) is 0 Å². The zero-order chi connectivity index (χ0) is 11.4. The topological polar surface area (TPSA) is 29.5 Å². The van der Waals surface area contributed by atoms with Gasteiger partial charge in [0.25, 0.3) is 0 Å². The Labute approximate surface area is 86.7 Å². The zero-order valence-electron chi connectivity index (χ0n) is 9.83. The van der Waals surface area contributed by atoms with E-state index in [1.54, 1.807) is 18.0 Å². The third kappa shape index (κ3) is 4.90. The zero-order valence-corrected chi connectivity index (χ0v) is 9.83. The number of carbonyl (C=O) groups is 1. The molecule has 0 aromatic heterocycles. The molecule has 1 atom stereocenters. The molecule has 0 saturated heterocycles. The Balaban J connectivity index is 4.18. The number of rotatable bonds is 3. The fourth-order valence-electron chi connectivity index (χ4n) is 0.913. The van der Waals surface area contributed by atoms with Crippen molar-refractivity contribution in [2.75, 3.05) is 7.05 Å². The minimum Gasteiger partial charge on any atom is -0.444 e. The summed E-state index contributed by atoms with van der Waals surface area (Å²) in [6.45, 7) is 11.2. The Hall–Kier alpha value is -0.990.